The standard InChI is InChI=1S/C10H16N4O/c1-9-3-2-4-10(12-15-9)13-5-7-14(11)8-6-13/h2H,4-8,11H2,1H3. The van der Waals surface area contributed by atoms with Crippen molar-refractivity contribution in [2.24, 2.45) is 11.0 Å². The van der Waals surface area contributed by atoms with Crippen LogP contribution in [0, 0.1) is 0 Å². The first-order valence-corrected chi connectivity index (χ1v) is 5.16. The van der Waals surface area contributed by atoms with E-state index in [4.69, 9.17) is 10.7 Å². The molecular weight excluding hydrogens is 192 g/mol. The van der Waals surface area contributed by atoms with E-state index in [2.05, 4.69) is 15.8 Å². The molecular formula is C10H16N4O. The van der Waals surface area contributed by atoms with Gasteiger partial charge in [-0.2, -0.15) is 0 Å². The second-order valence-electron chi connectivity index (χ2n) is 3.73. The lowest BCUT2D eigenvalue weighted by Gasteiger charge is -2.33. The Hall–Kier alpha value is -1.29. The summed E-state index contributed by atoms with van der Waals surface area (Å²) in [4.78, 5) is 7.38. The predicted octanol–water partition coefficient (Wildman–Crippen LogP) is 0.270. The average Bonchev–Trinajstić information content (AvgIpc) is 2.44. The highest BCUT2D eigenvalue weighted by molar-refractivity contribution is 5.83. The summed E-state index contributed by atoms with van der Waals surface area (Å²) in [5.41, 5.74) is 3.02. The Balaban J connectivity index is 1.98. The molecule has 0 bridgehead atoms. The van der Waals surface area contributed by atoms with E-state index in [1.807, 2.05) is 18.0 Å². The van der Waals surface area contributed by atoms with Crippen molar-refractivity contribution in [1.29, 1.82) is 0 Å². The first kappa shape index (κ1) is 10.2. The normalized spacial score (nSPS) is 22.9. The lowest BCUT2D eigenvalue weighted by molar-refractivity contribution is 0.172. The monoisotopic (exact) mass is 208 g/mol. The molecule has 0 saturated carbocycles. The lowest BCUT2D eigenvalue weighted by Crippen LogP contribution is -2.51. The van der Waals surface area contributed by atoms with E-state index in [9.17, 15) is 0 Å². The minimum atomic E-state index is 0.711. The molecule has 1 fully saturated rings. The van der Waals surface area contributed by atoms with Crippen LogP contribution in [-0.2, 0) is 4.84 Å². The van der Waals surface area contributed by atoms with Crippen LogP contribution >= 0.6 is 0 Å². The van der Waals surface area contributed by atoms with Gasteiger partial charge in [0, 0.05) is 39.5 Å². The molecule has 0 aromatic heterocycles. The van der Waals surface area contributed by atoms with Gasteiger partial charge in [-0.05, 0) is 6.08 Å². The van der Waals surface area contributed by atoms with Gasteiger partial charge in [0.05, 0.1) is 0 Å². The Morgan fingerprint density at radius 2 is 2.13 bits per heavy atom. The summed E-state index contributed by atoms with van der Waals surface area (Å²) in [7, 11) is 0. The summed E-state index contributed by atoms with van der Waals surface area (Å²) in [5, 5.41) is 5.93. The second-order valence-corrected chi connectivity index (χ2v) is 3.73. The number of piperazine rings is 1. The quantitative estimate of drug-likeness (QED) is 0.458. The molecule has 0 aromatic rings. The summed E-state index contributed by atoms with van der Waals surface area (Å²) in [5.74, 6) is 7.37. The van der Waals surface area contributed by atoms with Crippen molar-refractivity contribution in [3.8, 4) is 0 Å². The zero-order chi connectivity index (χ0) is 10.7. The molecule has 1 saturated heterocycles. The van der Waals surface area contributed by atoms with Gasteiger partial charge in [-0.15, -0.1) is 0 Å². The lowest BCUT2D eigenvalue weighted by atomic mass is 10.3. The Bertz CT molecular complexity index is 322. The molecule has 5 heteroatoms. The van der Waals surface area contributed by atoms with Gasteiger partial charge in [0.25, 0.3) is 0 Å². The number of hydrazine groups is 1. The number of hydrogen-bond acceptors (Lipinski definition) is 5. The fraction of sp³-hybridized carbons (Fsp3) is 0.600. The van der Waals surface area contributed by atoms with Gasteiger partial charge < -0.3 is 9.74 Å². The predicted molar refractivity (Wildman–Crippen MR) is 57.7 cm³/mol. The molecule has 0 amide bonds. The van der Waals surface area contributed by atoms with Gasteiger partial charge in [0.1, 0.15) is 5.84 Å². The topological polar surface area (TPSA) is 54.1 Å². The zero-order valence-corrected chi connectivity index (χ0v) is 8.94. The van der Waals surface area contributed by atoms with Crippen LogP contribution in [0.1, 0.15) is 13.3 Å². The maximum Gasteiger partial charge on any atom is 0.173 e. The average molecular weight is 208 g/mol. The number of oxime groups is 1. The molecule has 5 nitrogen and oxygen atoms in total. The highest BCUT2D eigenvalue weighted by Crippen LogP contribution is 2.08. The molecule has 0 aliphatic carbocycles. The minimum Gasteiger partial charge on any atom is -0.354 e. The first-order chi connectivity index (χ1) is 7.25. The van der Waals surface area contributed by atoms with Gasteiger partial charge in [0.15, 0.2) is 5.76 Å². The fourth-order valence-corrected chi connectivity index (χ4v) is 1.64. The van der Waals surface area contributed by atoms with Crippen molar-refractivity contribution >= 4 is 5.84 Å². The number of rotatable bonds is 0. The molecule has 2 aliphatic heterocycles. The van der Waals surface area contributed by atoms with Crippen molar-refractivity contribution in [3.05, 3.63) is 17.6 Å². The van der Waals surface area contributed by atoms with Crippen LogP contribution < -0.4 is 5.84 Å². The molecule has 0 spiro atoms. The van der Waals surface area contributed by atoms with Gasteiger partial charge in [0.2, 0.25) is 0 Å². The van der Waals surface area contributed by atoms with E-state index in [-0.39, 0.29) is 0 Å². The fourth-order valence-electron chi connectivity index (χ4n) is 1.64. The van der Waals surface area contributed by atoms with E-state index in [0.29, 0.717) is 5.76 Å². The van der Waals surface area contributed by atoms with Crippen molar-refractivity contribution in [2.45, 2.75) is 13.3 Å². The molecule has 2 rings (SSSR count). The van der Waals surface area contributed by atoms with E-state index < -0.39 is 0 Å². The van der Waals surface area contributed by atoms with Crippen LogP contribution in [0.3, 0.4) is 0 Å². The molecule has 2 aliphatic rings. The Kier molecular flexibility index (Phi) is 3.06. The van der Waals surface area contributed by atoms with Crippen molar-refractivity contribution in [2.75, 3.05) is 26.2 Å². The van der Waals surface area contributed by atoms with Gasteiger partial charge >= 0.3 is 0 Å². The highest BCUT2D eigenvalue weighted by Gasteiger charge is 2.18. The number of nitrogens with zero attached hydrogens (tertiary/aromatic N) is 3. The molecule has 2 N–H and O–H groups in total. The van der Waals surface area contributed by atoms with Crippen LogP contribution in [0.15, 0.2) is 22.7 Å². The molecule has 0 unspecified atom stereocenters. The molecule has 0 atom stereocenters. The Labute approximate surface area is 89.4 Å². The molecule has 0 radical (unpaired) electrons. The zero-order valence-electron chi connectivity index (χ0n) is 8.94. The largest absolute Gasteiger partial charge is 0.354 e. The van der Waals surface area contributed by atoms with Crippen LogP contribution in [0.2, 0.25) is 0 Å². The molecule has 15 heavy (non-hydrogen) atoms. The van der Waals surface area contributed by atoms with E-state index in [0.717, 1.165) is 38.4 Å². The van der Waals surface area contributed by atoms with Gasteiger partial charge in [-0.25, -0.2) is 5.01 Å². The van der Waals surface area contributed by atoms with Crippen molar-refractivity contribution in [3.63, 3.8) is 0 Å². The van der Waals surface area contributed by atoms with Crippen molar-refractivity contribution < 1.29 is 4.84 Å². The molecule has 82 valence electrons. The third-order valence-electron chi connectivity index (χ3n) is 2.56. The maximum atomic E-state index is 5.69. The molecule has 2 heterocycles. The first-order valence-electron chi connectivity index (χ1n) is 5.16. The summed E-state index contributed by atoms with van der Waals surface area (Å²) < 4.78 is 0. The summed E-state index contributed by atoms with van der Waals surface area (Å²) in [6.07, 6.45) is 2.73. The highest BCUT2D eigenvalue weighted by atomic mass is 16.6. The van der Waals surface area contributed by atoms with Gasteiger partial charge in [-0.3, -0.25) is 5.84 Å². The summed E-state index contributed by atoms with van der Waals surface area (Å²) >= 11 is 0. The van der Waals surface area contributed by atoms with Crippen LogP contribution in [-0.4, -0.2) is 41.9 Å². The van der Waals surface area contributed by atoms with E-state index in [1.165, 1.54) is 0 Å². The van der Waals surface area contributed by atoms with Gasteiger partial charge in [-0.1, -0.05) is 10.9 Å². The van der Waals surface area contributed by atoms with Crippen LogP contribution in [0.4, 0.5) is 0 Å². The number of nitrogens with two attached hydrogens (primary N) is 1. The maximum absolute atomic E-state index is 5.69. The Morgan fingerprint density at radius 3 is 2.87 bits per heavy atom. The third-order valence-corrected chi connectivity index (χ3v) is 2.56. The SMILES string of the molecule is CC1=C=CCC(N2CCN(N)CC2)=NO1. The van der Waals surface area contributed by atoms with E-state index >= 15 is 0 Å². The molecule has 0 aromatic carbocycles. The van der Waals surface area contributed by atoms with Crippen LogP contribution in [0.25, 0.3) is 0 Å². The minimum absolute atomic E-state index is 0.711. The summed E-state index contributed by atoms with van der Waals surface area (Å²) in [6, 6.07) is 0. The van der Waals surface area contributed by atoms with Crippen LogP contribution in [0.5, 0.6) is 0 Å². The smallest absolute Gasteiger partial charge is 0.173 e. The second kappa shape index (κ2) is 4.49. The summed E-state index contributed by atoms with van der Waals surface area (Å²) in [6.45, 7) is 5.40. The third kappa shape index (κ3) is 2.59. The number of hydrogen-bond donors (Lipinski definition) is 1. The Morgan fingerprint density at radius 1 is 1.40 bits per heavy atom. The number of amidine groups is 1. The van der Waals surface area contributed by atoms with Crippen molar-refractivity contribution in [1.82, 2.24) is 9.91 Å². The van der Waals surface area contributed by atoms with E-state index in [1.54, 1.807) is 0 Å².